The lowest BCUT2D eigenvalue weighted by Crippen LogP contribution is -2.21. The van der Waals surface area contributed by atoms with E-state index in [1.165, 1.54) is 82.6 Å². The summed E-state index contributed by atoms with van der Waals surface area (Å²) in [6.07, 6.45) is 17.3. The van der Waals surface area contributed by atoms with E-state index in [1.807, 2.05) is 12.1 Å². The van der Waals surface area contributed by atoms with Crippen LogP contribution < -0.4 is 0 Å². The maximum atomic E-state index is 8.90. The van der Waals surface area contributed by atoms with Gasteiger partial charge in [-0.25, -0.2) is 0 Å². The molecule has 136 valence electrons. The Labute approximate surface area is 154 Å². The first-order chi connectivity index (χ1) is 12.3. The van der Waals surface area contributed by atoms with Crippen LogP contribution in [-0.2, 0) is 6.42 Å². The number of benzene rings is 1. The third kappa shape index (κ3) is 5.60. The van der Waals surface area contributed by atoms with Gasteiger partial charge in [-0.15, -0.1) is 0 Å². The molecule has 2 aliphatic carbocycles. The predicted molar refractivity (Wildman–Crippen MR) is 105 cm³/mol. The Kier molecular flexibility index (Phi) is 6.97. The lowest BCUT2D eigenvalue weighted by molar-refractivity contribution is 0.187. The van der Waals surface area contributed by atoms with Crippen LogP contribution in [0.5, 0.6) is 0 Å². The van der Waals surface area contributed by atoms with E-state index in [1.54, 1.807) is 0 Å². The van der Waals surface area contributed by atoms with E-state index in [9.17, 15) is 0 Å². The third-order valence-corrected chi connectivity index (χ3v) is 6.90. The van der Waals surface area contributed by atoms with Crippen LogP contribution in [0, 0.1) is 35.0 Å². The van der Waals surface area contributed by atoms with E-state index in [-0.39, 0.29) is 0 Å². The van der Waals surface area contributed by atoms with Crippen molar-refractivity contribution in [3.05, 3.63) is 35.4 Å². The Morgan fingerprint density at radius 3 is 1.84 bits per heavy atom. The average Bonchev–Trinajstić information content (AvgIpc) is 2.66. The van der Waals surface area contributed by atoms with Gasteiger partial charge in [-0.1, -0.05) is 70.4 Å². The van der Waals surface area contributed by atoms with Gasteiger partial charge in [-0.3, -0.25) is 0 Å². The Balaban J connectivity index is 1.36. The van der Waals surface area contributed by atoms with Crippen molar-refractivity contribution in [1.29, 1.82) is 5.26 Å². The van der Waals surface area contributed by atoms with Crippen molar-refractivity contribution < 1.29 is 0 Å². The van der Waals surface area contributed by atoms with E-state index in [0.29, 0.717) is 0 Å². The number of hydrogen-bond acceptors (Lipinski definition) is 1. The SMILES string of the molecule is CCCC1CCC(C[C@H]2CC[C@H](Cc3ccc(C#N)cc3)CC2)CC1. The highest BCUT2D eigenvalue weighted by Crippen LogP contribution is 2.39. The van der Waals surface area contributed by atoms with Crippen LogP contribution in [0.25, 0.3) is 0 Å². The summed E-state index contributed by atoms with van der Waals surface area (Å²) in [6.45, 7) is 2.34. The van der Waals surface area contributed by atoms with Gasteiger partial charge in [-0.2, -0.15) is 5.26 Å². The minimum atomic E-state index is 0.779. The molecule has 0 aliphatic heterocycles. The third-order valence-electron chi connectivity index (χ3n) is 6.90. The molecule has 0 unspecified atom stereocenters. The second-order valence-corrected chi connectivity index (χ2v) is 8.81. The van der Waals surface area contributed by atoms with E-state index >= 15 is 0 Å². The Bertz CT molecular complexity index is 536. The normalized spacial score (nSPS) is 29.9. The van der Waals surface area contributed by atoms with Crippen molar-refractivity contribution >= 4 is 0 Å². The molecular weight excluding hydrogens is 302 g/mol. The van der Waals surface area contributed by atoms with Crippen LogP contribution in [0.3, 0.4) is 0 Å². The average molecular weight is 338 g/mol. The largest absolute Gasteiger partial charge is 0.192 e. The Hall–Kier alpha value is -1.29. The number of nitriles is 1. The van der Waals surface area contributed by atoms with Crippen LogP contribution in [-0.4, -0.2) is 0 Å². The second-order valence-electron chi connectivity index (χ2n) is 8.81. The number of hydrogen-bond donors (Lipinski definition) is 0. The van der Waals surface area contributed by atoms with Gasteiger partial charge in [-0.05, 0) is 67.1 Å². The van der Waals surface area contributed by atoms with Gasteiger partial charge in [0.1, 0.15) is 0 Å². The van der Waals surface area contributed by atoms with Gasteiger partial charge in [0.05, 0.1) is 11.6 Å². The van der Waals surface area contributed by atoms with Crippen LogP contribution in [0.4, 0.5) is 0 Å². The molecule has 0 atom stereocenters. The quantitative estimate of drug-likeness (QED) is 0.553. The molecular formula is C24H35N. The fraction of sp³-hybridized carbons (Fsp3) is 0.708. The summed E-state index contributed by atoms with van der Waals surface area (Å²) in [4.78, 5) is 0. The predicted octanol–water partition coefficient (Wildman–Crippen LogP) is 6.90. The molecule has 25 heavy (non-hydrogen) atoms. The van der Waals surface area contributed by atoms with Crippen LogP contribution >= 0.6 is 0 Å². The van der Waals surface area contributed by atoms with E-state index in [2.05, 4.69) is 25.1 Å². The second kappa shape index (κ2) is 9.42. The molecule has 0 bridgehead atoms. The molecule has 3 rings (SSSR count). The molecule has 1 heteroatoms. The maximum Gasteiger partial charge on any atom is 0.0991 e. The van der Waals surface area contributed by atoms with Crippen molar-refractivity contribution in [2.75, 3.05) is 0 Å². The molecule has 0 heterocycles. The van der Waals surface area contributed by atoms with Gasteiger partial charge in [0.2, 0.25) is 0 Å². The molecule has 2 fully saturated rings. The van der Waals surface area contributed by atoms with E-state index < -0.39 is 0 Å². The highest BCUT2D eigenvalue weighted by Gasteiger charge is 2.26. The van der Waals surface area contributed by atoms with Crippen LogP contribution in [0.2, 0.25) is 0 Å². The highest BCUT2D eigenvalue weighted by molar-refractivity contribution is 5.31. The van der Waals surface area contributed by atoms with Crippen LogP contribution in [0.1, 0.15) is 88.7 Å². The topological polar surface area (TPSA) is 23.8 Å². The molecule has 0 N–H and O–H groups in total. The van der Waals surface area contributed by atoms with Crippen LogP contribution in [0.15, 0.2) is 24.3 Å². The molecule has 0 spiro atoms. The maximum absolute atomic E-state index is 8.90. The Morgan fingerprint density at radius 1 is 0.800 bits per heavy atom. The zero-order valence-electron chi connectivity index (χ0n) is 16.1. The summed E-state index contributed by atoms with van der Waals surface area (Å²) in [5.41, 5.74) is 2.19. The summed E-state index contributed by atoms with van der Waals surface area (Å²) in [5.74, 6) is 3.95. The zero-order chi connectivity index (χ0) is 17.5. The first-order valence-electron chi connectivity index (χ1n) is 10.8. The minimum absolute atomic E-state index is 0.779. The summed E-state index contributed by atoms with van der Waals surface area (Å²) in [6, 6.07) is 10.5. The van der Waals surface area contributed by atoms with Crippen molar-refractivity contribution in [1.82, 2.24) is 0 Å². The molecule has 1 aromatic carbocycles. The monoisotopic (exact) mass is 337 g/mol. The smallest absolute Gasteiger partial charge is 0.0991 e. The van der Waals surface area contributed by atoms with Crippen molar-refractivity contribution in [2.45, 2.75) is 84.0 Å². The lowest BCUT2D eigenvalue weighted by atomic mass is 9.72. The molecule has 0 radical (unpaired) electrons. The van der Waals surface area contributed by atoms with Crippen molar-refractivity contribution in [2.24, 2.45) is 23.7 Å². The fourth-order valence-electron chi connectivity index (χ4n) is 5.36. The van der Waals surface area contributed by atoms with Gasteiger partial charge in [0.25, 0.3) is 0 Å². The number of rotatable bonds is 6. The highest BCUT2D eigenvalue weighted by atomic mass is 14.3. The number of nitrogens with zero attached hydrogens (tertiary/aromatic N) is 1. The van der Waals surface area contributed by atoms with E-state index in [0.717, 1.165) is 29.2 Å². The molecule has 2 saturated carbocycles. The van der Waals surface area contributed by atoms with Gasteiger partial charge < -0.3 is 0 Å². The first kappa shape index (κ1) is 18.5. The summed E-state index contributed by atoms with van der Waals surface area (Å²) >= 11 is 0. The van der Waals surface area contributed by atoms with Gasteiger partial charge >= 0.3 is 0 Å². The summed E-state index contributed by atoms with van der Waals surface area (Å²) in [7, 11) is 0. The molecule has 0 saturated heterocycles. The van der Waals surface area contributed by atoms with E-state index in [4.69, 9.17) is 5.26 Å². The van der Waals surface area contributed by atoms with Crippen molar-refractivity contribution in [3.8, 4) is 6.07 Å². The summed E-state index contributed by atoms with van der Waals surface area (Å²) in [5, 5.41) is 8.90. The molecule has 0 aromatic heterocycles. The lowest BCUT2D eigenvalue weighted by Gasteiger charge is -2.34. The fourth-order valence-corrected chi connectivity index (χ4v) is 5.36. The van der Waals surface area contributed by atoms with Gasteiger partial charge in [0.15, 0.2) is 0 Å². The standard InChI is InChI=1S/C24H35N/c1-2-3-19-4-6-20(7-5-19)16-21-8-10-22(11-9-21)17-23-12-14-24(18-25)15-13-23/h12-15,19-22H,2-11,16-17H2,1H3/t19?,20?,21-,22-. The molecule has 0 amide bonds. The zero-order valence-corrected chi connectivity index (χ0v) is 16.1. The molecule has 2 aliphatic rings. The van der Waals surface area contributed by atoms with Crippen molar-refractivity contribution in [3.63, 3.8) is 0 Å². The van der Waals surface area contributed by atoms with Gasteiger partial charge in [0, 0.05) is 0 Å². The minimum Gasteiger partial charge on any atom is -0.192 e. The summed E-state index contributed by atoms with van der Waals surface area (Å²) < 4.78 is 0. The Morgan fingerprint density at radius 2 is 1.32 bits per heavy atom. The molecule has 1 aromatic rings. The first-order valence-corrected chi connectivity index (χ1v) is 10.8. The molecule has 1 nitrogen and oxygen atoms in total.